The highest BCUT2D eigenvalue weighted by molar-refractivity contribution is 5.66. The Morgan fingerprint density at radius 2 is 0.500 bits per heavy atom. The quantitative estimate of drug-likeness (QED) is 0.141. The normalized spacial score (nSPS) is 15.9. The number of hydrogen-bond donors (Lipinski definition) is 0. The van der Waals surface area contributed by atoms with Crippen LogP contribution >= 0.6 is 0 Å². The van der Waals surface area contributed by atoms with Gasteiger partial charge in [0, 0.05) is 0 Å². The maximum absolute atomic E-state index is 10.3. The summed E-state index contributed by atoms with van der Waals surface area (Å²) >= 11 is 0. The van der Waals surface area contributed by atoms with Crippen molar-refractivity contribution in [3.8, 4) is 0 Å². The van der Waals surface area contributed by atoms with Crippen molar-refractivity contribution in [2.24, 2.45) is 0 Å². The molecule has 0 aromatic rings. The second kappa shape index (κ2) is 21.5. The van der Waals surface area contributed by atoms with Crippen molar-refractivity contribution >= 4 is 12.6 Å². The Morgan fingerprint density at radius 1 is 0.306 bits per heavy atom. The molecule has 0 spiro atoms. The summed E-state index contributed by atoms with van der Waals surface area (Å²) in [6, 6.07) is 0. The third kappa shape index (κ3) is 20.6. The molecule has 0 fully saturated rings. The molecule has 2 heteroatoms. The van der Waals surface area contributed by atoms with E-state index in [9.17, 15) is 9.59 Å². The molecule has 0 rings (SSSR count). The molecular weight excluding hydrogens is 440 g/mol. The summed E-state index contributed by atoms with van der Waals surface area (Å²) < 4.78 is 0. The molecule has 0 bridgehead atoms. The average Bonchev–Trinajstić information content (AvgIpc) is 2.84. The number of carbonyl (C=O) groups excluding carboxylic acids is 2. The molecule has 36 heavy (non-hydrogen) atoms. The zero-order chi connectivity index (χ0) is 27.0. The number of carbonyl (C=O) groups is 2. The summed E-state index contributed by atoms with van der Waals surface area (Å²) in [6.45, 7) is 12.1. The van der Waals surface area contributed by atoms with Gasteiger partial charge in [-0.05, 0) is 53.7 Å². The van der Waals surface area contributed by atoms with Crippen LogP contribution in [-0.2, 0) is 9.59 Å². The molecule has 0 saturated carbocycles. The summed E-state index contributed by atoms with van der Waals surface area (Å²) in [5.74, 6) is 0. The van der Waals surface area contributed by atoms with Crippen LogP contribution in [0.2, 0.25) is 0 Å². The predicted molar refractivity (Wildman–Crippen MR) is 159 cm³/mol. The third-order valence-corrected chi connectivity index (χ3v) is 4.58. The van der Waals surface area contributed by atoms with Gasteiger partial charge in [-0.25, -0.2) is 0 Å². The van der Waals surface area contributed by atoms with Crippen LogP contribution in [0.1, 0.15) is 41.5 Å². The van der Waals surface area contributed by atoms with Gasteiger partial charge in [-0.3, -0.25) is 9.59 Å². The minimum Gasteiger partial charge on any atom is -0.299 e. The van der Waals surface area contributed by atoms with Gasteiger partial charge < -0.3 is 0 Å². The highest BCUT2D eigenvalue weighted by atomic mass is 16.1. The van der Waals surface area contributed by atoms with Gasteiger partial charge in [-0.2, -0.15) is 0 Å². The molecule has 0 heterocycles. The van der Waals surface area contributed by atoms with E-state index in [1.165, 1.54) is 12.2 Å². The van der Waals surface area contributed by atoms with E-state index in [1.807, 2.05) is 88.5 Å². The first-order chi connectivity index (χ1) is 17.3. The van der Waals surface area contributed by atoms with Gasteiger partial charge in [0.05, 0.1) is 0 Å². The molecule has 0 aliphatic heterocycles. The van der Waals surface area contributed by atoms with E-state index in [0.29, 0.717) is 0 Å². The lowest BCUT2D eigenvalue weighted by Gasteiger charge is -1.91. The van der Waals surface area contributed by atoms with E-state index >= 15 is 0 Å². The highest BCUT2D eigenvalue weighted by Crippen LogP contribution is 2.04. The van der Waals surface area contributed by atoms with E-state index in [4.69, 9.17) is 0 Å². The Balaban J connectivity index is 4.77. The fourth-order valence-electron chi connectivity index (χ4n) is 2.54. The molecular formula is C34H40O2. The molecule has 0 aliphatic rings. The van der Waals surface area contributed by atoms with E-state index in [0.717, 1.165) is 46.0 Å². The fourth-order valence-corrected chi connectivity index (χ4v) is 2.54. The standard InChI is InChI=1S/C34H40O2/c1-29(17-9-19-31(3)21-11-23-33(5)25-13-27-35)15-7-8-16-30(2)18-10-20-32(4)22-12-24-34(6)26-14-28-36/h7-28H,1-6H3. The molecule has 0 saturated heterocycles. The topological polar surface area (TPSA) is 34.1 Å². The third-order valence-electron chi connectivity index (χ3n) is 4.58. The summed E-state index contributed by atoms with van der Waals surface area (Å²) in [7, 11) is 0. The van der Waals surface area contributed by atoms with Crippen LogP contribution in [-0.4, -0.2) is 12.6 Å². The summed E-state index contributed by atoms with van der Waals surface area (Å²) in [4.78, 5) is 20.6. The van der Waals surface area contributed by atoms with Crippen LogP contribution in [0.4, 0.5) is 0 Å². The molecule has 0 aromatic heterocycles. The maximum atomic E-state index is 10.3. The Bertz CT molecular complexity index is 1010. The van der Waals surface area contributed by atoms with Crippen LogP contribution in [0.3, 0.4) is 0 Å². The van der Waals surface area contributed by atoms with Gasteiger partial charge in [0.15, 0.2) is 0 Å². The molecule has 0 amide bonds. The minimum absolute atomic E-state index is 0.775. The maximum Gasteiger partial charge on any atom is 0.142 e. The van der Waals surface area contributed by atoms with Gasteiger partial charge >= 0.3 is 0 Å². The molecule has 0 aromatic carbocycles. The smallest absolute Gasteiger partial charge is 0.142 e. The van der Waals surface area contributed by atoms with Crippen molar-refractivity contribution in [1.82, 2.24) is 0 Å². The number of hydrogen-bond acceptors (Lipinski definition) is 2. The van der Waals surface area contributed by atoms with Crippen LogP contribution in [0.25, 0.3) is 0 Å². The lowest BCUT2D eigenvalue weighted by molar-refractivity contribution is -0.104. The highest BCUT2D eigenvalue weighted by Gasteiger charge is 1.83. The van der Waals surface area contributed by atoms with Gasteiger partial charge in [-0.1, -0.05) is 143 Å². The first-order valence-electron chi connectivity index (χ1n) is 11.9. The first-order valence-corrected chi connectivity index (χ1v) is 11.9. The monoisotopic (exact) mass is 480 g/mol. The summed E-state index contributed by atoms with van der Waals surface area (Å²) in [5, 5.41) is 0. The second-order valence-electron chi connectivity index (χ2n) is 8.28. The molecule has 188 valence electrons. The second-order valence-corrected chi connectivity index (χ2v) is 8.28. The Hall–Kier alpha value is -4.04. The van der Waals surface area contributed by atoms with E-state index in [2.05, 4.69) is 50.3 Å². The largest absolute Gasteiger partial charge is 0.299 e. The van der Waals surface area contributed by atoms with Crippen LogP contribution in [0.15, 0.2) is 155 Å². The van der Waals surface area contributed by atoms with E-state index in [1.54, 1.807) is 12.2 Å². The van der Waals surface area contributed by atoms with Gasteiger partial charge in [0.25, 0.3) is 0 Å². The molecule has 0 aliphatic carbocycles. The minimum atomic E-state index is 0.775. The molecule has 0 N–H and O–H groups in total. The van der Waals surface area contributed by atoms with Crippen molar-refractivity contribution in [2.45, 2.75) is 41.5 Å². The van der Waals surface area contributed by atoms with Gasteiger partial charge in [0.2, 0.25) is 0 Å². The van der Waals surface area contributed by atoms with Crippen LogP contribution in [0.5, 0.6) is 0 Å². The van der Waals surface area contributed by atoms with Crippen molar-refractivity contribution in [2.75, 3.05) is 0 Å². The Morgan fingerprint density at radius 3 is 0.722 bits per heavy atom. The average molecular weight is 481 g/mol. The number of rotatable bonds is 14. The fraction of sp³-hybridized carbons (Fsp3) is 0.176. The zero-order valence-corrected chi connectivity index (χ0v) is 22.5. The predicted octanol–water partition coefficient (Wildman–Crippen LogP) is 8.96. The SMILES string of the molecule is CC(C=CC=C(C)C=CC=C(C)C=CC=O)=CC=CC=C(C)C=CC=C(C)C=CC=C(C)C=CC=O. The summed E-state index contributed by atoms with van der Waals surface area (Å²) in [5.41, 5.74) is 6.65. The van der Waals surface area contributed by atoms with Crippen LogP contribution in [0, 0.1) is 0 Å². The molecule has 0 atom stereocenters. The Kier molecular flexibility index (Phi) is 19.1. The lowest BCUT2D eigenvalue weighted by atomic mass is 10.2. The van der Waals surface area contributed by atoms with E-state index < -0.39 is 0 Å². The first kappa shape index (κ1) is 32.0. The van der Waals surface area contributed by atoms with Crippen molar-refractivity contribution in [1.29, 1.82) is 0 Å². The molecule has 0 unspecified atom stereocenters. The zero-order valence-electron chi connectivity index (χ0n) is 22.5. The number of aldehydes is 2. The lowest BCUT2D eigenvalue weighted by Crippen LogP contribution is -1.70. The molecule has 2 nitrogen and oxygen atoms in total. The number of allylic oxidation sites excluding steroid dienone is 26. The van der Waals surface area contributed by atoms with E-state index in [-0.39, 0.29) is 0 Å². The van der Waals surface area contributed by atoms with Crippen molar-refractivity contribution < 1.29 is 9.59 Å². The Labute approximate surface area is 218 Å². The van der Waals surface area contributed by atoms with Crippen LogP contribution < -0.4 is 0 Å². The molecule has 0 radical (unpaired) electrons. The van der Waals surface area contributed by atoms with Crippen molar-refractivity contribution in [3.05, 3.63) is 155 Å². The summed E-state index contributed by atoms with van der Waals surface area (Å²) in [6.07, 6.45) is 40.6. The van der Waals surface area contributed by atoms with Crippen molar-refractivity contribution in [3.63, 3.8) is 0 Å². The van der Waals surface area contributed by atoms with Gasteiger partial charge in [-0.15, -0.1) is 0 Å². The van der Waals surface area contributed by atoms with Gasteiger partial charge in [0.1, 0.15) is 12.6 Å².